The fourth-order valence-corrected chi connectivity index (χ4v) is 3.99. The summed E-state index contributed by atoms with van der Waals surface area (Å²) in [5, 5.41) is -0.396. The van der Waals surface area contributed by atoms with Gasteiger partial charge in [0.05, 0.1) is 11.0 Å². The van der Waals surface area contributed by atoms with Crippen LogP contribution in [0.3, 0.4) is 0 Å². The van der Waals surface area contributed by atoms with Crippen LogP contribution in [0.15, 0.2) is 29.2 Å². The third-order valence-corrected chi connectivity index (χ3v) is 6.37. The van der Waals surface area contributed by atoms with Gasteiger partial charge in [0.2, 0.25) is 0 Å². The van der Waals surface area contributed by atoms with Crippen LogP contribution in [0.1, 0.15) is 19.5 Å². The molecule has 0 aromatic carbocycles. The number of aryl methyl sites for hydroxylation is 1. The average Bonchev–Trinajstić information content (AvgIpc) is 2.57. The fourth-order valence-electron chi connectivity index (χ4n) is 2.70. The zero-order valence-corrected chi connectivity index (χ0v) is 14.5. The number of hydrogen-bond donors (Lipinski definition) is 1. The summed E-state index contributed by atoms with van der Waals surface area (Å²) >= 11 is 0. The average molecular weight is 348 g/mol. The maximum Gasteiger partial charge on any atom is 0.251 e. The lowest BCUT2D eigenvalue weighted by molar-refractivity contribution is 0.568. The van der Waals surface area contributed by atoms with Gasteiger partial charge in [-0.25, -0.2) is 18.4 Å². The zero-order chi connectivity index (χ0) is 17.3. The molecule has 8 heteroatoms. The molecule has 128 valence electrons. The van der Waals surface area contributed by atoms with E-state index in [-0.39, 0.29) is 11.3 Å². The summed E-state index contributed by atoms with van der Waals surface area (Å²) in [5.74, 6) is 1.37. The number of anilines is 1. The van der Waals surface area contributed by atoms with Gasteiger partial charge in [-0.2, -0.15) is 0 Å². The second-order valence-electron chi connectivity index (χ2n) is 5.97. The normalized spacial score (nSPS) is 20.1. The third-order valence-electron chi connectivity index (χ3n) is 4.24. The number of H-pyrrole nitrogens is 1. The molecule has 3 rings (SSSR count). The van der Waals surface area contributed by atoms with Crippen LogP contribution in [0.2, 0.25) is 0 Å². The first kappa shape index (κ1) is 16.6. The molecule has 0 bridgehead atoms. The van der Waals surface area contributed by atoms with Crippen molar-refractivity contribution in [3.63, 3.8) is 0 Å². The summed E-state index contributed by atoms with van der Waals surface area (Å²) in [6.07, 6.45) is 2.34. The Labute approximate surface area is 140 Å². The van der Waals surface area contributed by atoms with Gasteiger partial charge >= 0.3 is 0 Å². The number of hydrogen-bond acceptors (Lipinski definition) is 6. The van der Waals surface area contributed by atoms with Crippen LogP contribution in [-0.4, -0.2) is 47.5 Å². The molecule has 0 aliphatic carbocycles. The quantitative estimate of drug-likeness (QED) is 0.889. The SMILES string of the molecule is CCc1cc(=O)[nH]c(-c2ccc(N3CCS(=O)(=O)C(C)C3)nc2)n1. The molecule has 24 heavy (non-hydrogen) atoms. The summed E-state index contributed by atoms with van der Waals surface area (Å²) in [6.45, 7) is 4.55. The Balaban J connectivity index is 1.84. The van der Waals surface area contributed by atoms with Crippen LogP contribution >= 0.6 is 0 Å². The molecule has 0 saturated carbocycles. The lowest BCUT2D eigenvalue weighted by atomic mass is 10.2. The van der Waals surface area contributed by atoms with Crippen molar-refractivity contribution in [2.24, 2.45) is 0 Å². The molecule has 1 unspecified atom stereocenters. The van der Waals surface area contributed by atoms with Gasteiger partial charge in [0.25, 0.3) is 5.56 Å². The van der Waals surface area contributed by atoms with Gasteiger partial charge in [0, 0.05) is 36.6 Å². The van der Waals surface area contributed by atoms with Gasteiger partial charge < -0.3 is 9.88 Å². The summed E-state index contributed by atoms with van der Waals surface area (Å²) in [7, 11) is -2.99. The Bertz CT molecular complexity index is 890. The van der Waals surface area contributed by atoms with Crippen molar-refractivity contribution in [2.75, 3.05) is 23.7 Å². The Morgan fingerprint density at radius 3 is 2.79 bits per heavy atom. The van der Waals surface area contributed by atoms with E-state index in [1.165, 1.54) is 6.07 Å². The van der Waals surface area contributed by atoms with E-state index in [1.54, 1.807) is 13.1 Å². The number of sulfone groups is 1. The van der Waals surface area contributed by atoms with Crippen LogP contribution in [0.4, 0.5) is 5.82 Å². The number of rotatable bonds is 3. The number of nitrogens with zero attached hydrogens (tertiary/aromatic N) is 3. The van der Waals surface area contributed by atoms with Crippen LogP contribution in [0.5, 0.6) is 0 Å². The van der Waals surface area contributed by atoms with E-state index in [2.05, 4.69) is 15.0 Å². The van der Waals surface area contributed by atoms with Crippen LogP contribution in [-0.2, 0) is 16.3 Å². The molecule has 0 spiro atoms. The summed E-state index contributed by atoms with van der Waals surface area (Å²) in [6, 6.07) is 5.16. The number of nitrogens with one attached hydrogen (secondary N) is 1. The number of aromatic nitrogens is 3. The standard InChI is InChI=1S/C16H20N4O3S/c1-3-13-8-15(21)19-16(18-13)12-4-5-14(17-9-12)20-6-7-24(22,23)11(2)10-20/h4-5,8-9,11H,3,6-7,10H2,1-2H3,(H,18,19,21). The van der Waals surface area contributed by atoms with Crippen molar-refractivity contribution in [3.8, 4) is 11.4 Å². The Morgan fingerprint density at radius 2 is 2.17 bits per heavy atom. The van der Waals surface area contributed by atoms with E-state index in [4.69, 9.17) is 0 Å². The van der Waals surface area contributed by atoms with Crippen molar-refractivity contribution in [1.82, 2.24) is 15.0 Å². The Hall–Kier alpha value is -2.22. The number of pyridine rings is 1. The zero-order valence-electron chi connectivity index (χ0n) is 13.7. The molecular formula is C16H20N4O3S. The van der Waals surface area contributed by atoms with Gasteiger partial charge in [0.1, 0.15) is 11.6 Å². The summed E-state index contributed by atoms with van der Waals surface area (Å²) < 4.78 is 23.6. The van der Waals surface area contributed by atoms with Crippen LogP contribution in [0.25, 0.3) is 11.4 Å². The fraction of sp³-hybridized carbons (Fsp3) is 0.438. The molecule has 2 aromatic heterocycles. The molecule has 7 nitrogen and oxygen atoms in total. The van der Waals surface area contributed by atoms with Crippen molar-refractivity contribution in [2.45, 2.75) is 25.5 Å². The molecule has 1 aliphatic rings. The van der Waals surface area contributed by atoms with Gasteiger partial charge in [-0.1, -0.05) is 6.92 Å². The molecule has 1 saturated heterocycles. The molecule has 0 radical (unpaired) electrons. The van der Waals surface area contributed by atoms with E-state index in [1.807, 2.05) is 24.0 Å². The minimum Gasteiger partial charge on any atom is -0.354 e. The lowest BCUT2D eigenvalue weighted by Gasteiger charge is -2.31. The topological polar surface area (TPSA) is 96.0 Å². The molecule has 1 atom stereocenters. The highest BCUT2D eigenvalue weighted by Gasteiger charge is 2.29. The van der Waals surface area contributed by atoms with Crippen molar-refractivity contribution in [3.05, 3.63) is 40.4 Å². The van der Waals surface area contributed by atoms with E-state index in [9.17, 15) is 13.2 Å². The van der Waals surface area contributed by atoms with E-state index in [0.717, 1.165) is 17.1 Å². The first-order chi connectivity index (χ1) is 11.4. The highest BCUT2D eigenvalue weighted by atomic mass is 32.2. The largest absolute Gasteiger partial charge is 0.354 e. The maximum atomic E-state index is 11.8. The molecule has 3 heterocycles. The van der Waals surface area contributed by atoms with Gasteiger partial charge in [-0.15, -0.1) is 0 Å². The lowest BCUT2D eigenvalue weighted by Crippen LogP contribution is -2.45. The van der Waals surface area contributed by atoms with Crippen molar-refractivity contribution in [1.29, 1.82) is 0 Å². The first-order valence-electron chi connectivity index (χ1n) is 7.92. The third kappa shape index (κ3) is 3.33. The molecule has 1 aliphatic heterocycles. The highest BCUT2D eigenvalue weighted by Crippen LogP contribution is 2.21. The molecule has 0 amide bonds. The highest BCUT2D eigenvalue weighted by molar-refractivity contribution is 7.92. The van der Waals surface area contributed by atoms with Gasteiger partial charge in [-0.3, -0.25) is 4.79 Å². The summed E-state index contributed by atoms with van der Waals surface area (Å²) in [4.78, 5) is 25.2. The molecular weight excluding hydrogens is 328 g/mol. The number of aromatic amines is 1. The second kappa shape index (κ2) is 6.35. The Kier molecular flexibility index (Phi) is 4.40. The predicted octanol–water partition coefficient (Wildman–Crippen LogP) is 1.02. The predicted molar refractivity (Wildman–Crippen MR) is 92.9 cm³/mol. The minimum atomic E-state index is -2.99. The minimum absolute atomic E-state index is 0.144. The first-order valence-corrected chi connectivity index (χ1v) is 9.64. The van der Waals surface area contributed by atoms with E-state index >= 15 is 0 Å². The van der Waals surface area contributed by atoms with Crippen LogP contribution < -0.4 is 10.5 Å². The van der Waals surface area contributed by atoms with E-state index < -0.39 is 15.1 Å². The van der Waals surface area contributed by atoms with Crippen molar-refractivity contribution < 1.29 is 8.42 Å². The smallest absolute Gasteiger partial charge is 0.251 e. The molecule has 1 fully saturated rings. The van der Waals surface area contributed by atoms with E-state index in [0.29, 0.717) is 25.3 Å². The second-order valence-corrected chi connectivity index (χ2v) is 8.51. The molecule has 2 aromatic rings. The van der Waals surface area contributed by atoms with Crippen LogP contribution in [0, 0.1) is 0 Å². The Morgan fingerprint density at radius 1 is 1.38 bits per heavy atom. The monoisotopic (exact) mass is 348 g/mol. The van der Waals surface area contributed by atoms with Crippen molar-refractivity contribution >= 4 is 15.7 Å². The van der Waals surface area contributed by atoms with Gasteiger partial charge in [-0.05, 0) is 25.5 Å². The molecule has 1 N–H and O–H groups in total. The maximum absolute atomic E-state index is 11.8. The van der Waals surface area contributed by atoms with Gasteiger partial charge in [0.15, 0.2) is 9.84 Å². The summed E-state index contributed by atoms with van der Waals surface area (Å²) in [5.41, 5.74) is 1.27.